The van der Waals surface area contributed by atoms with Crippen LogP contribution in [-0.2, 0) is 23.7 Å². The Balaban J connectivity index is 1.69. The molecule has 12 unspecified atom stereocenters. The third-order valence-corrected chi connectivity index (χ3v) is 14.6. The molecule has 2 aliphatic heterocycles. The van der Waals surface area contributed by atoms with Gasteiger partial charge in [0.05, 0.1) is 32.0 Å². The highest BCUT2D eigenvalue weighted by Crippen LogP contribution is 2.30. The van der Waals surface area contributed by atoms with Gasteiger partial charge in [-0.1, -0.05) is 223 Å². The Bertz CT molecular complexity index is 1430. The van der Waals surface area contributed by atoms with Gasteiger partial charge in [-0.2, -0.15) is 0 Å². The molecule has 0 aromatic heterocycles. The normalized spacial score (nSPS) is 25.5. The van der Waals surface area contributed by atoms with Crippen molar-refractivity contribution in [2.24, 2.45) is 0 Å². The van der Waals surface area contributed by atoms with Crippen LogP contribution in [-0.4, -0.2) is 140 Å². The molecular formula is C60H109NO13. The van der Waals surface area contributed by atoms with E-state index in [4.69, 9.17) is 18.9 Å². The van der Waals surface area contributed by atoms with Gasteiger partial charge >= 0.3 is 0 Å². The molecule has 0 saturated carbocycles. The lowest BCUT2D eigenvalue weighted by atomic mass is 9.97. The Labute approximate surface area is 448 Å². The number of aliphatic hydroxyl groups excluding tert-OH is 8. The van der Waals surface area contributed by atoms with E-state index in [0.29, 0.717) is 12.8 Å². The van der Waals surface area contributed by atoms with E-state index in [1.165, 1.54) is 128 Å². The Kier molecular flexibility index (Phi) is 42.2. The Morgan fingerprint density at radius 3 is 1.43 bits per heavy atom. The maximum atomic E-state index is 13.3. The SMILES string of the molecule is CC/C=C\C/C=C\C/C=C\C/C=C\CCCCCCCCCCCCCCCCC(=O)NC(COC1OC(CO)C(OC2OC(CO)C(O)C(O)C2O)C(O)C1O)C(O)CCCCCCCCCCCCCCC. The van der Waals surface area contributed by atoms with E-state index in [2.05, 4.69) is 67.8 Å². The highest BCUT2D eigenvalue weighted by molar-refractivity contribution is 5.76. The average Bonchev–Trinajstić information content (AvgIpc) is 3.40. The second-order valence-electron chi connectivity index (χ2n) is 21.1. The largest absolute Gasteiger partial charge is 0.394 e. The summed E-state index contributed by atoms with van der Waals surface area (Å²) >= 11 is 0. The number of amides is 1. The Morgan fingerprint density at radius 1 is 0.500 bits per heavy atom. The number of rotatable bonds is 47. The third-order valence-electron chi connectivity index (χ3n) is 14.6. The molecule has 0 radical (unpaired) electrons. The zero-order valence-corrected chi connectivity index (χ0v) is 46.3. The molecule has 2 heterocycles. The van der Waals surface area contributed by atoms with Crippen LogP contribution in [0.15, 0.2) is 48.6 Å². The summed E-state index contributed by atoms with van der Waals surface area (Å²) in [6, 6.07) is -0.829. The average molecular weight is 1050 g/mol. The lowest BCUT2D eigenvalue weighted by Crippen LogP contribution is -2.65. The van der Waals surface area contributed by atoms with E-state index in [9.17, 15) is 45.6 Å². The molecule has 0 spiro atoms. The van der Waals surface area contributed by atoms with Crippen LogP contribution in [0.4, 0.5) is 0 Å². The second kappa shape index (κ2) is 45.9. The molecule has 9 N–H and O–H groups in total. The fraction of sp³-hybridized carbons (Fsp3) is 0.850. The zero-order chi connectivity index (χ0) is 53.9. The maximum Gasteiger partial charge on any atom is 0.220 e. The number of unbranched alkanes of at least 4 members (excludes halogenated alkanes) is 26. The van der Waals surface area contributed by atoms with Gasteiger partial charge in [0, 0.05) is 6.42 Å². The van der Waals surface area contributed by atoms with Crippen molar-refractivity contribution in [3.8, 4) is 0 Å². The Morgan fingerprint density at radius 2 is 0.932 bits per heavy atom. The van der Waals surface area contributed by atoms with Gasteiger partial charge in [0.1, 0.15) is 48.8 Å². The first kappa shape index (κ1) is 68.1. The number of ether oxygens (including phenoxy) is 4. The lowest BCUT2D eigenvalue weighted by molar-refractivity contribution is -0.359. The molecule has 74 heavy (non-hydrogen) atoms. The fourth-order valence-electron chi connectivity index (χ4n) is 9.76. The van der Waals surface area contributed by atoms with Gasteiger partial charge in [-0.3, -0.25) is 4.79 Å². The fourth-order valence-corrected chi connectivity index (χ4v) is 9.76. The van der Waals surface area contributed by atoms with E-state index < -0.39 is 86.8 Å². The summed E-state index contributed by atoms with van der Waals surface area (Å²) in [4.78, 5) is 13.3. The molecule has 14 nitrogen and oxygen atoms in total. The van der Waals surface area contributed by atoms with Crippen LogP contribution in [0.3, 0.4) is 0 Å². The van der Waals surface area contributed by atoms with E-state index in [-0.39, 0.29) is 12.5 Å². The monoisotopic (exact) mass is 1050 g/mol. The topological polar surface area (TPSA) is 228 Å². The van der Waals surface area contributed by atoms with Crippen molar-refractivity contribution in [1.82, 2.24) is 5.32 Å². The smallest absolute Gasteiger partial charge is 0.220 e. The molecule has 2 rings (SSSR count). The number of hydrogen-bond donors (Lipinski definition) is 9. The summed E-state index contributed by atoms with van der Waals surface area (Å²) in [7, 11) is 0. The number of carbonyl (C=O) groups is 1. The highest BCUT2D eigenvalue weighted by Gasteiger charge is 2.51. The minimum absolute atomic E-state index is 0.208. The maximum absolute atomic E-state index is 13.3. The summed E-state index contributed by atoms with van der Waals surface area (Å²) in [5.74, 6) is -0.208. The first-order chi connectivity index (χ1) is 36.1. The predicted molar refractivity (Wildman–Crippen MR) is 295 cm³/mol. The summed E-state index contributed by atoms with van der Waals surface area (Å²) in [5, 5.41) is 87.2. The molecule has 0 aromatic rings. The molecule has 2 fully saturated rings. The molecule has 432 valence electrons. The van der Waals surface area contributed by atoms with Crippen molar-refractivity contribution in [2.45, 2.75) is 306 Å². The summed E-state index contributed by atoms with van der Waals surface area (Å²) in [6.45, 7) is 2.75. The van der Waals surface area contributed by atoms with Crippen LogP contribution in [0.1, 0.15) is 232 Å². The third kappa shape index (κ3) is 31.4. The van der Waals surface area contributed by atoms with Gasteiger partial charge in [-0.25, -0.2) is 0 Å². The number of nitrogens with one attached hydrogen (secondary N) is 1. The van der Waals surface area contributed by atoms with Gasteiger partial charge in [0.2, 0.25) is 5.91 Å². The summed E-state index contributed by atoms with van der Waals surface area (Å²) in [5.41, 5.74) is 0. The lowest BCUT2D eigenvalue weighted by Gasteiger charge is -2.46. The van der Waals surface area contributed by atoms with Crippen LogP contribution < -0.4 is 5.32 Å². The van der Waals surface area contributed by atoms with Crippen LogP contribution in [0.25, 0.3) is 0 Å². The molecule has 14 heteroatoms. The molecule has 0 bridgehead atoms. The van der Waals surface area contributed by atoms with Crippen molar-refractivity contribution in [3.63, 3.8) is 0 Å². The van der Waals surface area contributed by atoms with Crippen LogP contribution in [0, 0.1) is 0 Å². The summed E-state index contributed by atoms with van der Waals surface area (Å²) in [6.07, 6.45) is 39.7. The molecule has 2 aliphatic rings. The molecule has 2 saturated heterocycles. The standard InChI is InChI=1S/C60H109NO13/c1-3-5-7-9-11-13-15-17-18-19-20-21-22-23-24-25-26-27-28-29-30-32-34-36-38-40-42-44-52(65)61-48(49(64)43-41-39-37-35-33-31-16-14-12-10-8-6-4-2)47-71-59-57(70)55(68)58(51(46-63)73-59)74-60-56(69)54(67)53(66)50(45-62)72-60/h5,7,11,13,17-18,20-21,48-51,53-60,62-64,66-70H,3-4,6,8-10,12,14-16,19,22-47H2,1-2H3,(H,61,65)/b7-5-,13-11-,18-17-,21-20-. The zero-order valence-electron chi connectivity index (χ0n) is 46.3. The number of allylic oxidation sites excluding steroid dienone is 8. The van der Waals surface area contributed by atoms with Gasteiger partial charge < -0.3 is 65.1 Å². The molecule has 12 atom stereocenters. The highest BCUT2D eigenvalue weighted by atomic mass is 16.7. The number of aliphatic hydroxyl groups is 8. The van der Waals surface area contributed by atoms with E-state index >= 15 is 0 Å². The van der Waals surface area contributed by atoms with Crippen molar-refractivity contribution in [1.29, 1.82) is 0 Å². The number of carbonyl (C=O) groups excluding carboxylic acids is 1. The van der Waals surface area contributed by atoms with E-state index in [1.807, 2.05) is 0 Å². The molecule has 1 amide bonds. The van der Waals surface area contributed by atoms with E-state index in [0.717, 1.165) is 77.0 Å². The predicted octanol–water partition coefficient (Wildman–Crippen LogP) is 10.0. The first-order valence-corrected chi connectivity index (χ1v) is 29.9. The van der Waals surface area contributed by atoms with Crippen molar-refractivity contribution in [3.05, 3.63) is 48.6 Å². The summed E-state index contributed by atoms with van der Waals surface area (Å²) < 4.78 is 22.8. The molecule has 0 aromatic carbocycles. The molecular weight excluding hydrogens is 943 g/mol. The first-order valence-electron chi connectivity index (χ1n) is 29.9. The van der Waals surface area contributed by atoms with E-state index in [1.54, 1.807) is 0 Å². The van der Waals surface area contributed by atoms with Crippen LogP contribution in [0.5, 0.6) is 0 Å². The number of hydrogen-bond acceptors (Lipinski definition) is 13. The van der Waals surface area contributed by atoms with Gasteiger partial charge in [0.25, 0.3) is 0 Å². The van der Waals surface area contributed by atoms with Gasteiger partial charge in [-0.15, -0.1) is 0 Å². The minimum Gasteiger partial charge on any atom is -0.394 e. The van der Waals surface area contributed by atoms with Crippen molar-refractivity contribution in [2.75, 3.05) is 19.8 Å². The van der Waals surface area contributed by atoms with Gasteiger partial charge in [0.15, 0.2) is 12.6 Å². The van der Waals surface area contributed by atoms with Gasteiger partial charge in [-0.05, 0) is 51.4 Å². The van der Waals surface area contributed by atoms with Crippen LogP contribution in [0.2, 0.25) is 0 Å². The van der Waals surface area contributed by atoms with Crippen molar-refractivity contribution < 1.29 is 64.6 Å². The van der Waals surface area contributed by atoms with Crippen LogP contribution >= 0.6 is 0 Å². The quantitative estimate of drug-likeness (QED) is 0.0205. The Hall–Kier alpha value is -2.05. The minimum atomic E-state index is -1.78. The molecule has 0 aliphatic carbocycles. The van der Waals surface area contributed by atoms with Crippen molar-refractivity contribution >= 4 is 5.91 Å². The second-order valence-corrected chi connectivity index (χ2v) is 21.1.